The molecule has 4 aliphatic carbocycles. The third-order valence-corrected chi connectivity index (χ3v) is 11.2. The predicted molar refractivity (Wildman–Crippen MR) is 139 cm³/mol. The lowest BCUT2D eigenvalue weighted by atomic mass is 9.54. The third-order valence-electron chi connectivity index (χ3n) is 11.0. The van der Waals surface area contributed by atoms with Gasteiger partial charge in [-0.3, -0.25) is 9.59 Å². The highest BCUT2D eigenvalue weighted by Gasteiger charge is 2.57. The zero-order valence-electron chi connectivity index (χ0n) is 21.2. The molecule has 3 fully saturated rings. The van der Waals surface area contributed by atoms with Gasteiger partial charge in [0.2, 0.25) is 11.8 Å². The first-order valence-electron chi connectivity index (χ1n) is 13.9. The second-order valence-corrected chi connectivity index (χ2v) is 13.0. The molecular weight excluding hydrogens is 456 g/mol. The molecule has 188 valence electrons. The second-order valence-electron chi connectivity index (χ2n) is 12.6. The summed E-state index contributed by atoms with van der Waals surface area (Å²) >= 11 is 6.17. The van der Waals surface area contributed by atoms with Crippen LogP contribution in [0.1, 0.15) is 96.5 Å². The number of nitrogens with one attached hydrogen (secondary N) is 2. The summed E-state index contributed by atoms with van der Waals surface area (Å²) < 4.78 is 0. The van der Waals surface area contributed by atoms with Crippen LogP contribution in [0, 0.1) is 22.7 Å². The van der Waals surface area contributed by atoms with Gasteiger partial charge in [-0.05, 0) is 86.8 Å². The molecule has 1 aromatic rings. The minimum atomic E-state index is -0.249. The monoisotopic (exact) mass is 494 g/mol. The maximum Gasteiger partial charge on any atom is 0.224 e. The lowest BCUT2D eigenvalue weighted by molar-refractivity contribution is -0.131. The SMILES string of the molecule is C[C@]12CCC(=O)NC1CCC1=C2CC[C@]2(C)C(C(=O)NC3(c4ccc(Cl)cc4)CCCC3)CC[C@@H]12. The first-order chi connectivity index (χ1) is 16.8. The molecule has 0 bridgehead atoms. The Morgan fingerprint density at radius 2 is 1.71 bits per heavy atom. The topological polar surface area (TPSA) is 58.2 Å². The molecule has 0 spiro atoms. The highest BCUT2D eigenvalue weighted by Crippen LogP contribution is 2.63. The van der Waals surface area contributed by atoms with Crippen LogP contribution in [-0.2, 0) is 15.1 Å². The summed E-state index contributed by atoms with van der Waals surface area (Å²) in [6.45, 7) is 4.79. The van der Waals surface area contributed by atoms with E-state index < -0.39 is 0 Å². The highest BCUT2D eigenvalue weighted by molar-refractivity contribution is 6.30. The zero-order valence-corrected chi connectivity index (χ0v) is 22.0. The predicted octanol–water partition coefficient (Wildman–Crippen LogP) is 6.43. The van der Waals surface area contributed by atoms with E-state index in [1.165, 1.54) is 5.56 Å². The standard InChI is InChI=1S/C30H39ClN2O2/c1-28-17-13-23-21(9-12-25-29(23,2)18-14-26(34)32-25)22(28)10-11-24(28)27(35)33-30(15-3-4-16-30)19-5-7-20(31)8-6-19/h5-8,22,24-25H,3-4,9-18H2,1-2H3,(H,32,34)(H,33,35)/t22-,24?,25?,28-,29+/m0/s1. The van der Waals surface area contributed by atoms with Crippen molar-refractivity contribution in [3.63, 3.8) is 0 Å². The lowest BCUT2D eigenvalue weighted by Gasteiger charge is -2.53. The number of carbonyl (C=O) groups is 2. The van der Waals surface area contributed by atoms with Crippen molar-refractivity contribution >= 4 is 23.4 Å². The van der Waals surface area contributed by atoms with Crippen LogP contribution in [-0.4, -0.2) is 17.9 Å². The van der Waals surface area contributed by atoms with Crippen LogP contribution in [0.25, 0.3) is 0 Å². The molecule has 5 aliphatic rings. The number of amides is 2. The molecule has 6 rings (SSSR count). The summed E-state index contributed by atoms with van der Waals surface area (Å²) in [6.07, 6.45) is 12.3. The first-order valence-corrected chi connectivity index (χ1v) is 14.2. The Labute approximate surface area is 214 Å². The molecule has 4 nitrogen and oxygen atoms in total. The smallest absolute Gasteiger partial charge is 0.224 e. The van der Waals surface area contributed by atoms with Crippen molar-refractivity contribution in [2.45, 2.75) is 102 Å². The average Bonchev–Trinajstić information content (AvgIpc) is 3.44. The van der Waals surface area contributed by atoms with E-state index in [0.29, 0.717) is 12.3 Å². The highest BCUT2D eigenvalue weighted by atomic mass is 35.5. The third kappa shape index (κ3) is 3.61. The van der Waals surface area contributed by atoms with Crippen LogP contribution in [0.5, 0.6) is 0 Å². The molecule has 2 unspecified atom stereocenters. The van der Waals surface area contributed by atoms with E-state index in [1.54, 1.807) is 11.1 Å². The number of rotatable bonds is 3. The second kappa shape index (κ2) is 8.36. The summed E-state index contributed by atoms with van der Waals surface area (Å²) in [7, 11) is 0. The number of hydrogen-bond donors (Lipinski definition) is 2. The summed E-state index contributed by atoms with van der Waals surface area (Å²) in [5.41, 5.74) is 4.37. The van der Waals surface area contributed by atoms with Gasteiger partial charge in [-0.15, -0.1) is 0 Å². The van der Waals surface area contributed by atoms with Gasteiger partial charge in [0.15, 0.2) is 0 Å². The summed E-state index contributed by atoms with van der Waals surface area (Å²) in [5, 5.41) is 7.66. The normalized spacial score (nSPS) is 37.8. The van der Waals surface area contributed by atoms with Crippen LogP contribution < -0.4 is 10.6 Å². The molecule has 2 amide bonds. The number of piperidine rings is 1. The summed E-state index contributed by atoms with van der Waals surface area (Å²) in [5.74, 6) is 1.06. The minimum Gasteiger partial charge on any atom is -0.352 e. The number of halogens is 1. The van der Waals surface area contributed by atoms with Crippen LogP contribution in [0.15, 0.2) is 35.4 Å². The van der Waals surface area contributed by atoms with Crippen molar-refractivity contribution in [3.05, 3.63) is 46.0 Å². The van der Waals surface area contributed by atoms with Crippen LogP contribution >= 0.6 is 11.6 Å². The van der Waals surface area contributed by atoms with Gasteiger partial charge in [-0.1, -0.05) is 61.6 Å². The van der Waals surface area contributed by atoms with Gasteiger partial charge in [-0.25, -0.2) is 0 Å². The van der Waals surface area contributed by atoms with E-state index in [9.17, 15) is 9.59 Å². The number of benzene rings is 1. The Morgan fingerprint density at radius 1 is 0.971 bits per heavy atom. The Bertz CT molecular complexity index is 1070. The number of fused-ring (bicyclic) bond motifs is 4. The van der Waals surface area contributed by atoms with Crippen molar-refractivity contribution in [2.75, 3.05) is 0 Å². The maximum atomic E-state index is 14.0. The van der Waals surface area contributed by atoms with Crippen LogP contribution in [0.4, 0.5) is 0 Å². The number of hydrogen-bond acceptors (Lipinski definition) is 2. The molecule has 1 aromatic carbocycles. The van der Waals surface area contributed by atoms with Crippen LogP contribution in [0.3, 0.4) is 0 Å². The fourth-order valence-corrected chi connectivity index (χ4v) is 9.04. The molecule has 1 saturated heterocycles. The van der Waals surface area contributed by atoms with Crippen molar-refractivity contribution in [3.8, 4) is 0 Å². The summed E-state index contributed by atoms with van der Waals surface area (Å²) in [4.78, 5) is 26.1. The Morgan fingerprint density at radius 3 is 2.46 bits per heavy atom. The molecule has 0 aromatic heterocycles. The molecule has 2 saturated carbocycles. The van der Waals surface area contributed by atoms with Crippen molar-refractivity contribution in [1.82, 2.24) is 10.6 Å². The Kier molecular flexibility index (Phi) is 5.63. The molecular formula is C30H39ClN2O2. The maximum absolute atomic E-state index is 14.0. The Balaban J connectivity index is 1.26. The van der Waals surface area contributed by atoms with Crippen LogP contribution in [0.2, 0.25) is 5.02 Å². The number of allylic oxidation sites excluding steroid dienone is 1. The minimum absolute atomic E-state index is 0.0316. The van der Waals surface area contributed by atoms with Gasteiger partial charge >= 0.3 is 0 Å². The lowest BCUT2D eigenvalue weighted by Crippen LogP contribution is -2.55. The number of carbonyl (C=O) groups excluding carboxylic acids is 2. The Hall–Kier alpha value is -1.81. The molecule has 5 atom stereocenters. The largest absolute Gasteiger partial charge is 0.352 e. The molecule has 35 heavy (non-hydrogen) atoms. The van der Waals surface area contributed by atoms with E-state index in [1.807, 2.05) is 12.1 Å². The quantitative estimate of drug-likeness (QED) is 0.476. The summed E-state index contributed by atoms with van der Waals surface area (Å²) in [6, 6.07) is 8.40. The van der Waals surface area contributed by atoms with Gasteiger partial charge in [0.25, 0.3) is 0 Å². The van der Waals surface area contributed by atoms with E-state index >= 15 is 0 Å². The molecule has 0 radical (unpaired) electrons. The van der Waals surface area contributed by atoms with Gasteiger partial charge in [-0.2, -0.15) is 0 Å². The van der Waals surface area contributed by atoms with E-state index in [2.05, 4.69) is 36.6 Å². The van der Waals surface area contributed by atoms with Crippen molar-refractivity contribution in [2.24, 2.45) is 22.7 Å². The van der Waals surface area contributed by atoms with E-state index in [4.69, 9.17) is 11.6 Å². The first kappa shape index (κ1) is 23.6. The molecule has 1 heterocycles. The zero-order chi connectivity index (χ0) is 24.4. The fourth-order valence-electron chi connectivity index (χ4n) is 8.91. The van der Waals surface area contributed by atoms with E-state index in [0.717, 1.165) is 75.7 Å². The van der Waals surface area contributed by atoms with Gasteiger partial charge in [0.1, 0.15) is 0 Å². The average molecular weight is 495 g/mol. The molecule has 2 N–H and O–H groups in total. The van der Waals surface area contributed by atoms with Crippen molar-refractivity contribution in [1.29, 1.82) is 0 Å². The molecule has 5 heteroatoms. The van der Waals surface area contributed by atoms with Crippen molar-refractivity contribution < 1.29 is 9.59 Å². The molecule has 1 aliphatic heterocycles. The van der Waals surface area contributed by atoms with Gasteiger partial charge < -0.3 is 10.6 Å². The van der Waals surface area contributed by atoms with E-state index in [-0.39, 0.29) is 40.1 Å². The fraction of sp³-hybridized carbons (Fsp3) is 0.667. The van der Waals surface area contributed by atoms with Gasteiger partial charge in [0, 0.05) is 28.8 Å². The van der Waals surface area contributed by atoms with Gasteiger partial charge in [0.05, 0.1) is 5.54 Å².